The fraction of sp³-hybridized carbons (Fsp3) is 0.286. The van der Waals surface area contributed by atoms with Crippen LogP contribution in [0.1, 0.15) is 5.56 Å². The van der Waals surface area contributed by atoms with Crippen LogP contribution in [0.5, 0.6) is 0 Å². The summed E-state index contributed by atoms with van der Waals surface area (Å²) in [5.41, 5.74) is 0.937. The van der Waals surface area contributed by atoms with Crippen LogP contribution in [0.3, 0.4) is 0 Å². The van der Waals surface area contributed by atoms with Crippen LogP contribution < -0.4 is 0 Å². The highest BCUT2D eigenvalue weighted by Gasteiger charge is 2.10. The molecule has 0 fully saturated rings. The summed E-state index contributed by atoms with van der Waals surface area (Å²) in [4.78, 5) is 8.06. The lowest BCUT2D eigenvalue weighted by Gasteiger charge is -2.04. The summed E-state index contributed by atoms with van der Waals surface area (Å²) in [5, 5.41) is 5.52. The molecule has 0 atom stereocenters. The monoisotopic (exact) mass is 214 g/mol. The Bertz CT molecular complexity index is 453. The molecule has 0 saturated carbocycles. The van der Waals surface area contributed by atoms with Gasteiger partial charge in [0.15, 0.2) is 0 Å². The molecular weight excluding hydrogens is 208 g/mol. The molecule has 0 aliphatic carbocycles. The van der Waals surface area contributed by atoms with E-state index >= 15 is 0 Å². The molecule has 0 aromatic carbocycles. The highest BCUT2D eigenvalue weighted by Crippen LogP contribution is 2.24. The smallest absolute Gasteiger partial charge is 0.199 e. The lowest BCUT2D eigenvalue weighted by molar-refractivity contribution is 0.827. The summed E-state index contributed by atoms with van der Waals surface area (Å²) < 4.78 is 1.69. The third kappa shape index (κ3) is 1.28. The van der Waals surface area contributed by atoms with Gasteiger partial charge < -0.3 is 0 Å². The maximum atomic E-state index is 5.92. The molecule has 0 saturated heterocycles. The molecule has 0 radical (unpaired) electrons. The van der Waals surface area contributed by atoms with Crippen molar-refractivity contribution in [3.8, 4) is 0 Å². The lowest BCUT2D eigenvalue weighted by atomic mass is 10.4. The topological polar surface area (TPSA) is 43.1 Å². The molecule has 6 heteroatoms. The molecule has 13 heavy (non-hydrogen) atoms. The van der Waals surface area contributed by atoms with E-state index in [0.717, 1.165) is 10.6 Å². The van der Waals surface area contributed by atoms with Gasteiger partial charge in [0.1, 0.15) is 16.5 Å². The largest absolute Gasteiger partial charge is 0.254 e. The van der Waals surface area contributed by atoms with Crippen molar-refractivity contribution < 1.29 is 0 Å². The minimum atomic E-state index is 0.491. The van der Waals surface area contributed by atoms with Gasteiger partial charge in [-0.2, -0.15) is 19.6 Å². The Hall–Kier alpha value is -0.810. The quantitative estimate of drug-likeness (QED) is 0.537. The van der Waals surface area contributed by atoms with Gasteiger partial charge in [-0.25, -0.2) is 0 Å². The molecule has 4 nitrogen and oxygen atoms in total. The summed E-state index contributed by atoms with van der Waals surface area (Å²) >= 11 is 7.50. The molecule has 0 N–H and O–H groups in total. The van der Waals surface area contributed by atoms with E-state index in [1.54, 1.807) is 16.3 Å². The van der Waals surface area contributed by atoms with E-state index in [0.29, 0.717) is 10.9 Å². The van der Waals surface area contributed by atoms with Crippen LogP contribution in [-0.4, -0.2) is 25.8 Å². The Morgan fingerprint density at radius 1 is 1.54 bits per heavy atom. The third-order valence-corrected chi connectivity index (χ3v) is 2.98. The van der Waals surface area contributed by atoms with E-state index in [2.05, 4.69) is 15.1 Å². The minimum absolute atomic E-state index is 0.491. The van der Waals surface area contributed by atoms with E-state index in [-0.39, 0.29) is 0 Å². The van der Waals surface area contributed by atoms with Crippen molar-refractivity contribution in [2.24, 2.45) is 0 Å². The highest BCUT2D eigenvalue weighted by atomic mass is 35.5. The van der Waals surface area contributed by atoms with Gasteiger partial charge in [-0.15, -0.1) is 11.8 Å². The molecule has 2 aromatic heterocycles. The Morgan fingerprint density at radius 2 is 2.31 bits per heavy atom. The molecule has 0 unspecified atom stereocenters. The number of rotatable bonds is 1. The van der Waals surface area contributed by atoms with Crippen molar-refractivity contribution in [3.05, 3.63) is 17.0 Å². The van der Waals surface area contributed by atoms with Gasteiger partial charge in [0.25, 0.3) is 5.78 Å². The Balaban J connectivity index is 2.87. The van der Waals surface area contributed by atoms with Gasteiger partial charge >= 0.3 is 0 Å². The van der Waals surface area contributed by atoms with Gasteiger partial charge in [-0.05, 0) is 13.2 Å². The van der Waals surface area contributed by atoms with Gasteiger partial charge in [0, 0.05) is 5.56 Å². The van der Waals surface area contributed by atoms with Crippen LogP contribution in [-0.2, 0) is 0 Å². The number of halogens is 1. The molecule has 0 spiro atoms. The molecule has 0 aliphatic heterocycles. The van der Waals surface area contributed by atoms with Crippen molar-refractivity contribution in [1.29, 1.82) is 0 Å². The molecule has 68 valence electrons. The molecule has 2 aromatic rings. The molecule has 0 amide bonds. The summed E-state index contributed by atoms with van der Waals surface area (Å²) in [7, 11) is 0. The van der Waals surface area contributed by atoms with Crippen LogP contribution in [0.25, 0.3) is 5.78 Å². The van der Waals surface area contributed by atoms with Gasteiger partial charge in [-0.3, -0.25) is 0 Å². The Morgan fingerprint density at radius 3 is 3.00 bits per heavy atom. The normalized spacial score (nSPS) is 11.0. The number of nitrogens with zero attached hydrogens (tertiary/aromatic N) is 4. The maximum absolute atomic E-state index is 5.92. The summed E-state index contributed by atoms with van der Waals surface area (Å²) in [6.45, 7) is 1.92. The fourth-order valence-corrected chi connectivity index (χ4v) is 2.04. The zero-order chi connectivity index (χ0) is 9.42. The molecule has 2 rings (SSSR count). The minimum Gasteiger partial charge on any atom is -0.199 e. The van der Waals surface area contributed by atoms with Crippen molar-refractivity contribution in [2.45, 2.75) is 11.9 Å². The van der Waals surface area contributed by atoms with E-state index in [9.17, 15) is 0 Å². The average molecular weight is 215 g/mol. The third-order valence-electron chi connectivity index (χ3n) is 1.74. The zero-order valence-corrected chi connectivity index (χ0v) is 8.72. The number of aromatic nitrogens is 4. The maximum Gasteiger partial charge on any atom is 0.254 e. The van der Waals surface area contributed by atoms with Gasteiger partial charge in [0.05, 0.1) is 0 Å². The van der Waals surface area contributed by atoms with Gasteiger partial charge in [0.2, 0.25) is 0 Å². The van der Waals surface area contributed by atoms with Crippen LogP contribution in [0.4, 0.5) is 0 Å². The second kappa shape index (κ2) is 3.16. The van der Waals surface area contributed by atoms with E-state index in [1.807, 2.05) is 13.2 Å². The first-order valence-electron chi connectivity index (χ1n) is 3.64. The predicted molar refractivity (Wildman–Crippen MR) is 52.3 cm³/mol. The van der Waals surface area contributed by atoms with E-state index < -0.39 is 0 Å². The van der Waals surface area contributed by atoms with E-state index in [4.69, 9.17) is 11.6 Å². The molecule has 2 heterocycles. The van der Waals surface area contributed by atoms with Crippen molar-refractivity contribution >= 4 is 29.1 Å². The number of thioether (sulfide) groups is 1. The van der Waals surface area contributed by atoms with E-state index in [1.165, 1.54) is 6.33 Å². The van der Waals surface area contributed by atoms with Crippen molar-refractivity contribution in [2.75, 3.05) is 6.26 Å². The van der Waals surface area contributed by atoms with Crippen LogP contribution in [0.2, 0.25) is 5.15 Å². The predicted octanol–water partition coefficient (Wildman–Crippen LogP) is 1.81. The molecule has 0 aliphatic rings. The van der Waals surface area contributed by atoms with Crippen LogP contribution in [0.15, 0.2) is 11.4 Å². The zero-order valence-electron chi connectivity index (χ0n) is 7.15. The number of fused-ring (bicyclic) bond motifs is 1. The second-order valence-corrected chi connectivity index (χ2v) is 3.66. The lowest BCUT2D eigenvalue weighted by Crippen LogP contribution is -1.99. The Kier molecular flexibility index (Phi) is 2.13. The Labute approximate surface area is 84.3 Å². The highest BCUT2D eigenvalue weighted by molar-refractivity contribution is 7.98. The fourth-order valence-electron chi connectivity index (χ4n) is 1.11. The van der Waals surface area contributed by atoms with Crippen molar-refractivity contribution in [1.82, 2.24) is 19.6 Å². The van der Waals surface area contributed by atoms with Gasteiger partial charge in [-0.1, -0.05) is 11.6 Å². The molecular formula is C7H7ClN4S. The number of hydrogen-bond acceptors (Lipinski definition) is 4. The summed E-state index contributed by atoms with van der Waals surface area (Å²) in [6, 6.07) is 0. The first-order chi connectivity index (χ1) is 6.24. The standard InChI is InChI=1S/C7H7ClN4S/c1-4-5(8)11-7-9-3-10-12(7)6(4)13-2/h3H,1-2H3. The first kappa shape index (κ1) is 8.77. The SMILES string of the molecule is CSc1c(C)c(Cl)nc2ncnn12. The summed E-state index contributed by atoms with van der Waals surface area (Å²) in [5.74, 6) is 0.542. The first-order valence-corrected chi connectivity index (χ1v) is 5.24. The van der Waals surface area contributed by atoms with Crippen LogP contribution >= 0.6 is 23.4 Å². The second-order valence-electron chi connectivity index (χ2n) is 2.51. The van der Waals surface area contributed by atoms with Crippen molar-refractivity contribution in [3.63, 3.8) is 0 Å². The van der Waals surface area contributed by atoms with Crippen LogP contribution in [0, 0.1) is 6.92 Å². The summed E-state index contributed by atoms with van der Waals surface area (Å²) in [6.07, 6.45) is 3.44. The average Bonchev–Trinajstić information content (AvgIpc) is 2.54. The number of hydrogen-bond donors (Lipinski definition) is 0. The molecule has 0 bridgehead atoms.